The first-order chi connectivity index (χ1) is 11.7. The Morgan fingerprint density at radius 2 is 1.72 bits per heavy atom. The lowest BCUT2D eigenvalue weighted by molar-refractivity contribution is -0.148. The van der Waals surface area contributed by atoms with E-state index in [4.69, 9.17) is 14.6 Å². The second-order valence-electron chi connectivity index (χ2n) is 5.93. The Labute approximate surface area is 149 Å². The third-order valence-corrected chi connectivity index (χ3v) is 3.81. The van der Waals surface area contributed by atoms with Crippen LogP contribution in [0.2, 0.25) is 0 Å². The van der Waals surface area contributed by atoms with Crippen LogP contribution in [0.4, 0.5) is 4.79 Å². The summed E-state index contributed by atoms with van der Waals surface area (Å²) in [5.41, 5.74) is 0. The van der Waals surface area contributed by atoms with Gasteiger partial charge in [-0.25, -0.2) is 4.79 Å². The third-order valence-electron chi connectivity index (χ3n) is 3.81. The summed E-state index contributed by atoms with van der Waals surface area (Å²) >= 11 is 0. The van der Waals surface area contributed by atoms with Gasteiger partial charge in [-0.15, -0.1) is 0 Å². The Kier molecular flexibility index (Phi) is 11.6. The van der Waals surface area contributed by atoms with Crippen LogP contribution in [0.15, 0.2) is 0 Å². The number of rotatable bonds is 12. The monoisotopic (exact) mass is 361 g/mol. The molecule has 9 nitrogen and oxygen atoms in total. The van der Waals surface area contributed by atoms with Crippen molar-refractivity contribution in [2.45, 2.75) is 45.9 Å². The van der Waals surface area contributed by atoms with Crippen molar-refractivity contribution in [3.63, 3.8) is 0 Å². The van der Waals surface area contributed by atoms with Gasteiger partial charge in [0.25, 0.3) is 0 Å². The van der Waals surface area contributed by atoms with Gasteiger partial charge in [-0.3, -0.25) is 9.59 Å². The highest BCUT2D eigenvalue weighted by molar-refractivity contribution is 5.87. The van der Waals surface area contributed by atoms with Crippen molar-refractivity contribution in [3.05, 3.63) is 0 Å². The Morgan fingerprint density at radius 3 is 2.20 bits per heavy atom. The van der Waals surface area contributed by atoms with Crippen molar-refractivity contribution in [2.75, 3.05) is 33.9 Å². The molecule has 0 fully saturated rings. The molecule has 0 aromatic heterocycles. The molecule has 2 unspecified atom stereocenters. The molecule has 2 atom stereocenters. The number of carbonyl (C=O) groups is 3. The molecule has 0 rings (SSSR count). The predicted molar refractivity (Wildman–Crippen MR) is 92.1 cm³/mol. The van der Waals surface area contributed by atoms with Crippen molar-refractivity contribution in [1.29, 1.82) is 0 Å². The second kappa shape index (κ2) is 12.5. The summed E-state index contributed by atoms with van der Waals surface area (Å²) in [6, 6.07) is -0.726. The number of amides is 3. The molecule has 0 saturated heterocycles. The highest BCUT2D eigenvalue weighted by Crippen LogP contribution is 2.08. The Balaban J connectivity index is 4.73. The van der Waals surface area contributed by atoms with Crippen molar-refractivity contribution >= 4 is 17.9 Å². The number of ether oxygens (including phenoxy) is 2. The summed E-state index contributed by atoms with van der Waals surface area (Å²) in [6.45, 7) is 6.46. The maximum Gasteiger partial charge on any atom is 0.404 e. The number of hydrogen-bond acceptors (Lipinski definition) is 5. The van der Waals surface area contributed by atoms with Crippen LogP contribution in [0, 0.1) is 5.92 Å². The quantitative estimate of drug-likeness (QED) is 0.439. The van der Waals surface area contributed by atoms with Gasteiger partial charge in [0, 0.05) is 33.7 Å². The molecule has 0 spiro atoms. The van der Waals surface area contributed by atoms with Crippen LogP contribution in [-0.4, -0.2) is 74.1 Å². The second-order valence-corrected chi connectivity index (χ2v) is 5.93. The van der Waals surface area contributed by atoms with Crippen molar-refractivity contribution < 1.29 is 29.0 Å². The van der Waals surface area contributed by atoms with E-state index in [0.29, 0.717) is 12.5 Å². The zero-order chi connectivity index (χ0) is 19.4. The lowest BCUT2D eigenvalue weighted by atomic mass is 10.1. The predicted octanol–water partition coefficient (Wildman–Crippen LogP) is 0.642. The highest BCUT2D eigenvalue weighted by atomic mass is 16.7. The van der Waals surface area contributed by atoms with E-state index in [9.17, 15) is 14.4 Å². The van der Waals surface area contributed by atoms with E-state index in [0.717, 1.165) is 6.42 Å². The van der Waals surface area contributed by atoms with E-state index in [1.165, 1.54) is 14.2 Å². The lowest BCUT2D eigenvalue weighted by Crippen LogP contribution is -2.50. The molecule has 0 aromatic carbocycles. The van der Waals surface area contributed by atoms with Gasteiger partial charge in [0.2, 0.25) is 11.8 Å². The van der Waals surface area contributed by atoms with Crippen LogP contribution in [-0.2, 0) is 19.1 Å². The van der Waals surface area contributed by atoms with Gasteiger partial charge < -0.3 is 30.1 Å². The van der Waals surface area contributed by atoms with Crippen LogP contribution in [0.1, 0.15) is 33.6 Å². The molecule has 0 heterocycles. The van der Waals surface area contributed by atoms with Gasteiger partial charge in [-0.05, 0) is 12.8 Å². The minimum atomic E-state index is -1.19. The first-order valence-corrected chi connectivity index (χ1v) is 8.35. The minimum Gasteiger partial charge on any atom is -0.465 e. The van der Waals surface area contributed by atoms with E-state index in [1.54, 1.807) is 11.8 Å². The van der Waals surface area contributed by atoms with Gasteiger partial charge in [0.15, 0.2) is 6.29 Å². The normalized spacial score (nSPS) is 13.2. The molecule has 0 aliphatic rings. The van der Waals surface area contributed by atoms with Crippen molar-refractivity contribution in [3.8, 4) is 0 Å². The molecule has 146 valence electrons. The van der Waals surface area contributed by atoms with Crippen LogP contribution in [0.25, 0.3) is 0 Å². The fourth-order valence-corrected chi connectivity index (χ4v) is 2.12. The number of nitrogens with zero attached hydrogens (tertiary/aromatic N) is 1. The largest absolute Gasteiger partial charge is 0.465 e. The number of carbonyl (C=O) groups excluding carboxylic acids is 2. The molecule has 0 radical (unpaired) electrons. The van der Waals surface area contributed by atoms with Crippen LogP contribution in [0.5, 0.6) is 0 Å². The summed E-state index contributed by atoms with van der Waals surface area (Å²) in [4.78, 5) is 36.5. The molecular weight excluding hydrogens is 330 g/mol. The van der Waals surface area contributed by atoms with Gasteiger partial charge in [0.1, 0.15) is 6.04 Å². The Morgan fingerprint density at radius 1 is 1.12 bits per heavy atom. The number of methoxy groups -OCH3 is 2. The fraction of sp³-hybridized carbons (Fsp3) is 0.812. The maximum atomic E-state index is 12.7. The maximum absolute atomic E-state index is 12.7. The molecule has 0 saturated carbocycles. The summed E-state index contributed by atoms with van der Waals surface area (Å²) in [5.74, 6) is -0.340. The van der Waals surface area contributed by atoms with E-state index in [2.05, 4.69) is 10.6 Å². The molecule has 0 aliphatic heterocycles. The number of hydrogen-bond donors (Lipinski definition) is 3. The zero-order valence-electron chi connectivity index (χ0n) is 15.7. The summed E-state index contributed by atoms with van der Waals surface area (Å²) < 4.78 is 10.3. The van der Waals surface area contributed by atoms with E-state index >= 15 is 0 Å². The Bertz CT molecular complexity index is 428. The Hall–Kier alpha value is -1.87. The SMILES string of the molecule is CCC(C)CN(CC(OC)OC)C(=O)C(C)NC(=O)CCNC(=O)O. The fourth-order valence-electron chi connectivity index (χ4n) is 2.12. The molecule has 0 aliphatic carbocycles. The smallest absolute Gasteiger partial charge is 0.404 e. The molecule has 0 aromatic rings. The van der Waals surface area contributed by atoms with Crippen LogP contribution in [0.3, 0.4) is 0 Å². The molecule has 3 N–H and O–H groups in total. The highest BCUT2D eigenvalue weighted by Gasteiger charge is 2.25. The minimum absolute atomic E-state index is 0.00587. The molecule has 3 amide bonds. The molecule has 0 bridgehead atoms. The molecular formula is C16H31N3O6. The van der Waals surface area contributed by atoms with Crippen LogP contribution >= 0.6 is 0 Å². The zero-order valence-corrected chi connectivity index (χ0v) is 15.7. The molecule has 9 heteroatoms. The van der Waals surface area contributed by atoms with Gasteiger partial charge in [-0.1, -0.05) is 20.3 Å². The van der Waals surface area contributed by atoms with Crippen molar-refractivity contribution in [1.82, 2.24) is 15.5 Å². The van der Waals surface area contributed by atoms with E-state index < -0.39 is 24.3 Å². The first kappa shape index (κ1) is 23.1. The van der Waals surface area contributed by atoms with E-state index in [-0.39, 0.29) is 25.4 Å². The standard InChI is InChI=1S/C16H31N3O6/c1-6-11(2)9-19(10-14(24-4)25-5)15(21)12(3)18-13(20)7-8-17-16(22)23/h11-12,14,17H,6-10H2,1-5H3,(H,18,20)(H,22,23). The number of carboxylic acid groups (broad SMARTS) is 1. The van der Waals surface area contributed by atoms with Gasteiger partial charge in [-0.2, -0.15) is 0 Å². The summed E-state index contributed by atoms with van der Waals surface area (Å²) in [5, 5.41) is 13.2. The van der Waals surface area contributed by atoms with Crippen molar-refractivity contribution in [2.24, 2.45) is 5.92 Å². The van der Waals surface area contributed by atoms with Gasteiger partial charge >= 0.3 is 6.09 Å². The molecule has 25 heavy (non-hydrogen) atoms. The third kappa shape index (κ3) is 9.88. The van der Waals surface area contributed by atoms with Crippen LogP contribution < -0.4 is 10.6 Å². The summed E-state index contributed by atoms with van der Waals surface area (Å²) in [7, 11) is 3.00. The topological polar surface area (TPSA) is 117 Å². The first-order valence-electron chi connectivity index (χ1n) is 8.35. The number of nitrogens with one attached hydrogen (secondary N) is 2. The average molecular weight is 361 g/mol. The van der Waals surface area contributed by atoms with Gasteiger partial charge in [0.05, 0.1) is 6.54 Å². The summed E-state index contributed by atoms with van der Waals surface area (Å²) in [6.07, 6.45) is -0.859. The lowest BCUT2D eigenvalue weighted by Gasteiger charge is -2.30. The average Bonchev–Trinajstić information content (AvgIpc) is 2.57. The van der Waals surface area contributed by atoms with E-state index in [1.807, 2.05) is 13.8 Å².